The Morgan fingerprint density at radius 1 is 1.37 bits per heavy atom. The summed E-state index contributed by atoms with van der Waals surface area (Å²) < 4.78 is 31.9. The second-order valence-electron chi connectivity index (χ2n) is 4.93. The summed E-state index contributed by atoms with van der Waals surface area (Å²) in [5.41, 5.74) is -0.571. The van der Waals surface area contributed by atoms with Crippen LogP contribution in [0.15, 0.2) is 17.3 Å². The molecule has 106 valence electrons. The van der Waals surface area contributed by atoms with E-state index >= 15 is 0 Å². The topological polar surface area (TPSA) is 84.4 Å². The van der Waals surface area contributed by atoms with E-state index in [0.717, 1.165) is 0 Å². The first-order valence-corrected chi connectivity index (χ1v) is 7.42. The second-order valence-corrected chi connectivity index (χ2v) is 6.80. The first-order chi connectivity index (χ1) is 8.88. The van der Waals surface area contributed by atoms with Crippen LogP contribution in [0.2, 0.25) is 0 Å². The van der Waals surface area contributed by atoms with Gasteiger partial charge in [0, 0.05) is 13.6 Å². The van der Waals surface area contributed by atoms with E-state index < -0.39 is 15.6 Å². The van der Waals surface area contributed by atoms with Crippen LogP contribution in [-0.4, -0.2) is 55.0 Å². The molecule has 0 aromatic carbocycles. The third-order valence-electron chi connectivity index (χ3n) is 3.01. The van der Waals surface area contributed by atoms with Gasteiger partial charge in [0.15, 0.2) is 0 Å². The maximum atomic E-state index is 12.6. The molecule has 0 unspecified atom stereocenters. The molecule has 7 nitrogen and oxygen atoms in total. The standard InChI is InChI=1S/C11H18N4O3S/c1-11(2)8-18-5-4-15(11)19(16,17)9-6-13-10(12-3)14-7-9/h6-7H,4-5,8H2,1-3H3,(H,12,13,14). The zero-order valence-electron chi connectivity index (χ0n) is 11.3. The number of hydrogen-bond donors (Lipinski definition) is 1. The molecule has 1 aliphatic heterocycles. The highest BCUT2D eigenvalue weighted by Gasteiger charge is 2.40. The van der Waals surface area contributed by atoms with E-state index in [1.807, 2.05) is 13.8 Å². The second kappa shape index (κ2) is 5.03. The molecule has 1 aromatic rings. The third kappa shape index (κ3) is 2.70. The van der Waals surface area contributed by atoms with Crippen molar-refractivity contribution in [1.29, 1.82) is 0 Å². The Balaban J connectivity index is 2.35. The summed E-state index contributed by atoms with van der Waals surface area (Å²) in [6, 6.07) is 0. The molecule has 0 atom stereocenters. The number of anilines is 1. The van der Waals surface area contributed by atoms with Crippen molar-refractivity contribution in [1.82, 2.24) is 14.3 Å². The Labute approximate surface area is 113 Å². The van der Waals surface area contributed by atoms with Gasteiger partial charge in [0.05, 0.1) is 31.1 Å². The molecule has 0 aliphatic carbocycles. The van der Waals surface area contributed by atoms with Crippen molar-refractivity contribution in [3.05, 3.63) is 12.4 Å². The minimum atomic E-state index is -3.59. The summed E-state index contributed by atoms with van der Waals surface area (Å²) in [7, 11) is -1.92. The molecule has 8 heteroatoms. The van der Waals surface area contributed by atoms with Gasteiger partial charge >= 0.3 is 0 Å². The number of aromatic nitrogens is 2. The zero-order valence-corrected chi connectivity index (χ0v) is 12.1. The fourth-order valence-corrected chi connectivity index (χ4v) is 3.64. The lowest BCUT2D eigenvalue weighted by atomic mass is 10.1. The van der Waals surface area contributed by atoms with Crippen molar-refractivity contribution in [2.75, 3.05) is 32.1 Å². The van der Waals surface area contributed by atoms with Crippen molar-refractivity contribution in [2.45, 2.75) is 24.3 Å². The highest BCUT2D eigenvalue weighted by atomic mass is 32.2. The van der Waals surface area contributed by atoms with Crippen LogP contribution in [0.5, 0.6) is 0 Å². The van der Waals surface area contributed by atoms with Crippen LogP contribution in [0, 0.1) is 0 Å². The quantitative estimate of drug-likeness (QED) is 0.861. The Morgan fingerprint density at radius 2 is 2.00 bits per heavy atom. The highest BCUT2D eigenvalue weighted by molar-refractivity contribution is 7.89. The van der Waals surface area contributed by atoms with Gasteiger partial charge in [-0.1, -0.05) is 0 Å². The van der Waals surface area contributed by atoms with Crippen LogP contribution in [-0.2, 0) is 14.8 Å². The molecule has 1 fully saturated rings. The summed E-state index contributed by atoms with van der Waals surface area (Å²) >= 11 is 0. The van der Waals surface area contributed by atoms with E-state index in [2.05, 4.69) is 15.3 Å². The summed E-state index contributed by atoms with van der Waals surface area (Å²) in [6.07, 6.45) is 2.64. The number of morpholine rings is 1. The van der Waals surface area contributed by atoms with Gasteiger partial charge in [-0.2, -0.15) is 4.31 Å². The van der Waals surface area contributed by atoms with Crippen molar-refractivity contribution in [3.63, 3.8) is 0 Å². The average Bonchev–Trinajstić information content (AvgIpc) is 2.38. The molecule has 0 bridgehead atoms. The van der Waals surface area contributed by atoms with Crippen molar-refractivity contribution in [3.8, 4) is 0 Å². The van der Waals surface area contributed by atoms with Crippen LogP contribution in [0.1, 0.15) is 13.8 Å². The van der Waals surface area contributed by atoms with Crippen LogP contribution >= 0.6 is 0 Å². The minimum absolute atomic E-state index is 0.0986. The molecular formula is C11H18N4O3S. The number of sulfonamides is 1. The zero-order chi connectivity index (χ0) is 14.1. The smallest absolute Gasteiger partial charge is 0.246 e. The predicted octanol–water partition coefficient (Wildman–Crippen LogP) is 0.318. The lowest BCUT2D eigenvalue weighted by Gasteiger charge is -2.40. The Kier molecular flexibility index (Phi) is 3.75. The number of hydrogen-bond acceptors (Lipinski definition) is 6. The van der Waals surface area contributed by atoms with E-state index in [4.69, 9.17) is 4.74 Å². The molecule has 0 spiro atoms. The lowest BCUT2D eigenvalue weighted by Crippen LogP contribution is -2.55. The molecule has 1 aliphatic rings. The monoisotopic (exact) mass is 286 g/mol. The van der Waals surface area contributed by atoms with Crippen LogP contribution in [0.25, 0.3) is 0 Å². The molecule has 1 saturated heterocycles. The maximum absolute atomic E-state index is 12.6. The number of ether oxygens (including phenoxy) is 1. The Morgan fingerprint density at radius 3 is 2.53 bits per heavy atom. The van der Waals surface area contributed by atoms with Gasteiger partial charge in [-0.25, -0.2) is 18.4 Å². The van der Waals surface area contributed by atoms with Crippen molar-refractivity contribution < 1.29 is 13.2 Å². The molecule has 0 saturated carbocycles. The van der Waals surface area contributed by atoms with E-state index in [0.29, 0.717) is 25.7 Å². The first-order valence-electron chi connectivity index (χ1n) is 5.98. The van der Waals surface area contributed by atoms with E-state index in [1.54, 1.807) is 7.05 Å². The minimum Gasteiger partial charge on any atom is -0.378 e. The van der Waals surface area contributed by atoms with Crippen molar-refractivity contribution in [2.24, 2.45) is 0 Å². The van der Waals surface area contributed by atoms with E-state index in [9.17, 15) is 8.42 Å². The van der Waals surface area contributed by atoms with Crippen LogP contribution in [0.3, 0.4) is 0 Å². The van der Waals surface area contributed by atoms with Gasteiger partial charge < -0.3 is 10.1 Å². The number of nitrogens with one attached hydrogen (secondary N) is 1. The summed E-state index contributed by atoms with van der Waals surface area (Å²) in [4.78, 5) is 7.99. The molecule has 1 aromatic heterocycles. The molecule has 2 heterocycles. The van der Waals surface area contributed by atoms with E-state index in [1.165, 1.54) is 16.7 Å². The molecule has 19 heavy (non-hydrogen) atoms. The normalized spacial score (nSPS) is 20.2. The molecule has 0 radical (unpaired) electrons. The van der Waals surface area contributed by atoms with Gasteiger partial charge in [-0.15, -0.1) is 0 Å². The fourth-order valence-electron chi connectivity index (χ4n) is 2.00. The Bertz CT molecular complexity index is 542. The largest absolute Gasteiger partial charge is 0.378 e. The van der Waals surface area contributed by atoms with Crippen molar-refractivity contribution >= 4 is 16.0 Å². The van der Waals surface area contributed by atoms with Gasteiger partial charge in [0.1, 0.15) is 4.90 Å². The lowest BCUT2D eigenvalue weighted by molar-refractivity contribution is -0.00772. The molecule has 0 amide bonds. The highest BCUT2D eigenvalue weighted by Crippen LogP contribution is 2.26. The van der Waals surface area contributed by atoms with Gasteiger partial charge in [-0.05, 0) is 13.8 Å². The molecular weight excluding hydrogens is 268 g/mol. The predicted molar refractivity (Wildman–Crippen MR) is 70.4 cm³/mol. The molecule has 1 N–H and O–H groups in total. The van der Waals surface area contributed by atoms with Crippen LogP contribution < -0.4 is 5.32 Å². The summed E-state index contributed by atoms with van der Waals surface area (Å²) in [6.45, 7) is 4.79. The summed E-state index contributed by atoms with van der Waals surface area (Å²) in [5.74, 6) is 0.389. The van der Waals surface area contributed by atoms with Gasteiger partial charge in [0.25, 0.3) is 0 Å². The first kappa shape index (κ1) is 14.2. The SMILES string of the molecule is CNc1ncc(S(=O)(=O)N2CCOCC2(C)C)cn1. The van der Waals surface area contributed by atoms with E-state index in [-0.39, 0.29) is 4.90 Å². The average molecular weight is 286 g/mol. The number of nitrogens with zero attached hydrogens (tertiary/aromatic N) is 3. The van der Waals surface area contributed by atoms with Gasteiger partial charge in [-0.3, -0.25) is 0 Å². The third-order valence-corrected chi connectivity index (χ3v) is 5.07. The van der Waals surface area contributed by atoms with Crippen LogP contribution in [0.4, 0.5) is 5.95 Å². The maximum Gasteiger partial charge on any atom is 0.246 e. The summed E-state index contributed by atoms with van der Waals surface area (Å²) in [5, 5.41) is 2.75. The number of rotatable bonds is 3. The van der Waals surface area contributed by atoms with Gasteiger partial charge in [0.2, 0.25) is 16.0 Å². The Hall–Kier alpha value is -1.25. The molecule has 2 rings (SSSR count). The fraction of sp³-hybridized carbons (Fsp3) is 0.636.